The first kappa shape index (κ1) is 18.0. The van der Waals surface area contributed by atoms with Crippen molar-refractivity contribution < 1.29 is 9.26 Å². The summed E-state index contributed by atoms with van der Waals surface area (Å²) in [6.07, 6.45) is 0. The maximum Gasteiger partial charge on any atom is 0.268 e. The molecule has 4 aromatic rings. The van der Waals surface area contributed by atoms with E-state index < -0.39 is 0 Å². The summed E-state index contributed by atoms with van der Waals surface area (Å²) in [6.45, 7) is 2.56. The Bertz CT molecular complexity index is 1000. The van der Waals surface area contributed by atoms with Gasteiger partial charge < -0.3 is 14.6 Å². The third kappa shape index (κ3) is 4.46. The molecule has 0 fully saturated rings. The van der Waals surface area contributed by atoms with Crippen LogP contribution in [0.15, 0.2) is 50.6 Å². The average Bonchev–Trinajstić information content (AvgIpc) is 3.43. The van der Waals surface area contributed by atoms with E-state index in [2.05, 4.69) is 25.7 Å². The Balaban J connectivity index is 1.37. The van der Waals surface area contributed by atoms with Gasteiger partial charge in [-0.1, -0.05) is 46.5 Å². The van der Waals surface area contributed by atoms with Gasteiger partial charge in [0.1, 0.15) is 5.75 Å². The second-order valence-corrected chi connectivity index (χ2v) is 8.36. The molecule has 27 heavy (non-hydrogen) atoms. The quantitative estimate of drug-likeness (QED) is 0.397. The van der Waals surface area contributed by atoms with Crippen molar-refractivity contribution >= 4 is 45.3 Å². The Hall–Kier alpha value is -2.43. The van der Waals surface area contributed by atoms with E-state index in [0.717, 1.165) is 20.7 Å². The minimum atomic E-state index is 0.549. The van der Waals surface area contributed by atoms with Crippen LogP contribution >= 0.6 is 34.4 Å². The van der Waals surface area contributed by atoms with Crippen LogP contribution in [-0.4, -0.2) is 26.9 Å². The summed E-state index contributed by atoms with van der Waals surface area (Å²) in [4.78, 5) is 5.38. The van der Waals surface area contributed by atoms with E-state index in [9.17, 15) is 0 Å². The van der Waals surface area contributed by atoms with Gasteiger partial charge in [-0.05, 0) is 30.5 Å². The molecule has 1 N–H and O–H groups in total. The number of thioether (sulfide) groups is 1. The minimum Gasteiger partial charge on any atom is -0.492 e. The van der Waals surface area contributed by atoms with Crippen molar-refractivity contribution in [2.24, 2.45) is 0 Å². The highest BCUT2D eigenvalue weighted by Crippen LogP contribution is 2.33. The molecule has 10 heteroatoms. The standard InChI is InChI=1S/C17H15N5O2S3/c1-2-23-12-7-4-3-6-11(12)18-16-20-21-17(27-16)26-10-14-19-15(24-22-14)13-8-5-9-25-13/h3-9H,2,10H2,1H3,(H,18,20). The largest absolute Gasteiger partial charge is 0.492 e. The maximum atomic E-state index is 5.62. The van der Waals surface area contributed by atoms with E-state index in [-0.39, 0.29) is 0 Å². The van der Waals surface area contributed by atoms with Crippen LogP contribution in [0.3, 0.4) is 0 Å². The van der Waals surface area contributed by atoms with Crippen molar-refractivity contribution in [1.82, 2.24) is 20.3 Å². The summed E-state index contributed by atoms with van der Waals surface area (Å²) in [5.74, 6) is 2.54. The molecule has 0 atom stereocenters. The first-order chi connectivity index (χ1) is 13.3. The topological polar surface area (TPSA) is 86.0 Å². The second-order valence-electron chi connectivity index (χ2n) is 5.21. The van der Waals surface area contributed by atoms with E-state index in [1.807, 2.05) is 48.7 Å². The van der Waals surface area contributed by atoms with Gasteiger partial charge in [-0.2, -0.15) is 4.98 Å². The van der Waals surface area contributed by atoms with Crippen molar-refractivity contribution in [2.75, 3.05) is 11.9 Å². The molecule has 0 amide bonds. The summed E-state index contributed by atoms with van der Waals surface area (Å²) in [5, 5.41) is 18.4. The zero-order valence-electron chi connectivity index (χ0n) is 14.3. The molecule has 0 radical (unpaired) electrons. The van der Waals surface area contributed by atoms with Gasteiger partial charge in [0.05, 0.1) is 22.9 Å². The molecule has 0 aliphatic carbocycles. The molecule has 0 spiro atoms. The maximum absolute atomic E-state index is 5.62. The molecule has 0 saturated heterocycles. The van der Waals surface area contributed by atoms with E-state index in [1.54, 1.807) is 11.3 Å². The number of benzene rings is 1. The number of aromatic nitrogens is 4. The van der Waals surface area contributed by atoms with Crippen LogP contribution in [0.25, 0.3) is 10.8 Å². The molecule has 0 saturated carbocycles. The van der Waals surface area contributed by atoms with E-state index in [4.69, 9.17) is 9.26 Å². The summed E-state index contributed by atoms with van der Waals surface area (Å²) in [5.41, 5.74) is 0.866. The van der Waals surface area contributed by atoms with E-state index in [0.29, 0.717) is 29.2 Å². The van der Waals surface area contributed by atoms with Crippen LogP contribution < -0.4 is 10.1 Å². The normalized spacial score (nSPS) is 10.9. The van der Waals surface area contributed by atoms with E-state index >= 15 is 0 Å². The van der Waals surface area contributed by atoms with Gasteiger partial charge >= 0.3 is 0 Å². The predicted octanol–water partition coefficient (Wildman–Crippen LogP) is 5.08. The lowest BCUT2D eigenvalue weighted by atomic mass is 10.3. The number of nitrogens with zero attached hydrogens (tertiary/aromatic N) is 4. The lowest BCUT2D eigenvalue weighted by Gasteiger charge is -2.09. The number of nitrogens with one attached hydrogen (secondary N) is 1. The average molecular weight is 418 g/mol. The van der Waals surface area contributed by atoms with Crippen LogP contribution in [0, 0.1) is 0 Å². The third-order valence-corrected chi connectivity index (χ3v) is 6.19. The van der Waals surface area contributed by atoms with Crippen LogP contribution in [0.2, 0.25) is 0 Å². The molecule has 3 heterocycles. The fraction of sp³-hybridized carbons (Fsp3) is 0.176. The number of thiophene rings is 1. The van der Waals surface area contributed by atoms with Gasteiger partial charge in [0, 0.05) is 0 Å². The Morgan fingerprint density at radius 1 is 1.19 bits per heavy atom. The smallest absolute Gasteiger partial charge is 0.268 e. The Kier molecular flexibility index (Phi) is 5.66. The molecule has 0 aliphatic rings. The van der Waals surface area contributed by atoms with Crippen molar-refractivity contribution in [3.63, 3.8) is 0 Å². The first-order valence-electron chi connectivity index (χ1n) is 8.13. The number of ether oxygens (including phenoxy) is 1. The van der Waals surface area contributed by atoms with Crippen molar-refractivity contribution in [3.05, 3.63) is 47.6 Å². The fourth-order valence-electron chi connectivity index (χ4n) is 2.22. The van der Waals surface area contributed by atoms with Crippen LogP contribution in [0.5, 0.6) is 5.75 Å². The van der Waals surface area contributed by atoms with Gasteiger partial charge in [0.2, 0.25) is 5.13 Å². The lowest BCUT2D eigenvalue weighted by Crippen LogP contribution is -1.97. The molecule has 0 aliphatic heterocycles. The zero-order valence-corrected chi connectivity index (χ0v) is 16.7. The van der Waals surface area contributed by atoms with Crippen molar-refractivity contribution in [1.29, 1.82) is 0 Å². The predicted molar refractivity (Wildman–Crippen MR) is 108 cm³/mol. The molecule has 1 aromatic carbocycles. The number of hydrogen-bond acceptors (Lipinski definition) is 10. The monoisotopic (exact) mass is 417 g/mol. The summed E-state index contributed by atoms with van der Waals surface area (Å²) >= 11 is 4.56. The Morgan fingerprint density at radius 3 is 2.96 bits per heavy atom. The van der Waals surface area contributed by atoms with Crippen LogP contribution in [0.4, 0.5) is 10.8 Å². The van der Waals surface area contributed by atoms with Gasteiger partial charge in [-0.15, -0.1) is 21.5 Å². The number of para-hydroxylation sites is 2. The van der Waals surface area contributed by atoms with Crippen molar-refractivity contribution in [2.45, 2.75) is 17.0 Å². The highest BCUT2D eigenvalue weighted by atomic mass is 32.2. The lowest BCUT2D eigenvalue weighted by molar-refractivity contribution is 0.342. The fourth-order valence-corrected chi connectivity index (χ4v) is 4.48. The molecule has 138 valence electrons. The molecule has 0 bridgehead atoms. The second kappa shape index (κ2) is 8.51. The summed E-state index contributed by atoms with van der Waals surface area (Å²) in [6, 6.07) is 11.7. The Labute approximate surface area is 167 Å². The van der Waals surface area contributed by atoms with Gasteiger partial charge in [-0.3, -0.25) is 0 Å². The SMILES string of the molecule is CCOc1ccccc1Nc1nnc(SCc2noc(-c3cccs3)n2)s1. The number of hydrogen-bond donors (Lipinski definition) is 1. The highest BCUT2D eigenvalue weighted by Gasteiger charge is 2.12. The molecular formula is C17H15N5O2S3. The van der Waals surface area contributed by atoms with Gasteiger partial charge in [0.15, 0.2) is 10.2 Å². The first-order valence-corrected chi connectivity index (χ1v) is 10.8. The Morgan fingerprint density at radius 2 is 2.11 bits per heavy atom. The van der Waals surface area contributed by atoms with Gasteiger partial charge in [-0.25, -0.2) is 0 Å². The summed E-state index contributed by atoms with van der Waals surface area (Å²) in [7, 11) is 0. The third-order valence-electron chi connectivity index (χ3n) is 3.36. The molecular weight excluding hydrogens is 402 g/mol. The number of rotatable bonds is 8. The van der Waals surface area contributed by atoms with Crippen LogP contribution in [-0.2, 0) is 5.75 Å². The molecule has 0 unspecified atom stereocenters. The van der Waals surface area contributed by atoms with E-state index in [1.165, 1.54) is 23.1 Å². The minimum absolute atomic E-state index is 0.549. The number of anilines is 2. The molecule has 7 nitrogen and oxygen atoms in total. The van der Waals surface area contributed by atoms with Crippen molar-refractivity contribution in [3.8, 4) is 16.5 Å². The molecule has 3 aromatic heterocycles. The van der Waals surface area contributed by atoms with Crippen LogP contribution in [0.1, 0.15) is 12.7 Å². The summed E-state index contributed by atoms with van der Waals surface area (Å²) < 4.78 is 11.7. The zero-order chi connectivity index (χ0) is 18.5. The highest BCUT2D eigenvalue weighted by molar-refractivity contribution is 8.00. The molecule has 4 rings (SSSR count). The van der Waals surface area contributed by atoms with Gasteiger partial charge in [0.25, 0.3) is 5.89 Å².